The number of hydrogen-bond acceptors (Lipinski definition) is 13. The molecule has 0 spiro atoms. The van der Waals surface area contributed by atoms with Crippen molar-refractivity contribution >= 4 is 297 Å². The molecule has 0 bridgehead atoms. The number of rotatable bonds is 11. The Hall–Kier alpha value is -8.78. The van der Waals surface area contributed by atoms with Crippen molar-refractivity contribution in [3.63, 3.8) is 0 Å². The van der Waals surface area contributed by atoms with E-state index in [0.29, 0.717) is 5.02 Å². The van der Waals surface area contributed by atoms with Crippen LogP contribution in [-0.4, -0.2) is 58.7 Å². The van der Waals surface area contributed by atoms with Gasteiger partial charge in [-0.05, 0) is 175 Å². The first-order chi connectivity index (χ1) is 71.6. The van der Waals surface area contributed by atoms with Crippen LogP contribution in [0.1, 0.15) is 1.43 Å². The summed E-state index contributed by atoms with van der Waals surface area (Å²) in [5.74, 6) is -4.74. The van der Waals surface area contributed by atoms with E-state index >= 15 is 0 Å². The third kappa shape index (κ3) is 34.6. The average molecular weight is 2740 g/mol. The van der Waals surface area contributed by atoms with Crippen LogP contribution in [0.4, 0.5) is 46.0 Å². The summed E-state index contributed by atoms with van der Waals surface area (Å²) in [5, 5.41) is 73.5. The fourth-order valence-electron chi connectivity index (χ4n) is 15.1. The number of phenols is 3. The third-order valence-corrected chi connectivity index (χ3v) is 24.9. The molecule has 22 rings (SSSR count). The number of nitrogens with one attached hydrogen (secondary N) is 2. The number of benzene rings is 20. The maximum atomic E-state index is 14.6. The zero-order valence-corrected chi connectivity index (χ0v) is 103. The first-order valence-electron chi connectivity index (χ1n) is 44.4. The van der Waals surface area contributed by atoms with E-state index in [1.807, 2.05) is 135 Å². The molecule has 2 aromatic heterocycles. The molecule has 13 nitrogen and oxygen atoms in total. The van der Waals surface area contributed by atoms with Crippen molar-refractivity contribution in [3.05, 3.63) is 482 Å². The van der Waals surface area contributed by atoms with Crippen LogP contribution < -0.4 is 130 Å². The van der Waals surface area contributed by atoms with E-state index in [2.05, 4.69) is 384 Å². The van der Waals surface area contributed by atoms with Crippen molar-refractivity contribution in [1.82, 2.24) is 0 Å². The Morgan fingerprint density at radius 2 is 0.698 bits per heavy atom. The topological polar surface area (TPSA) is 227 Å². The van der Waals surface area contributed by atoms with Gasteiger partial charge >= 0.3 is 110 Å². The number of fused-ring (bicyclic) bond motifs is 10. The summed E-state index contributed by atoms with van der Waals surface area (Å²) >= 11 is 35.9. The predicted octanol–water partition coefficient (Wildman–Crippen LogP) is 30.5. The quantitative estimate of drug-likeness (QED) is 0.00577. The first kappa shape index (κ1) is 125. The Bertz CT molecular complexity index is 7850. The van der Waals surface area contributed by atoms with E-state index < -0.39 is 30.4 Å². The number of aromatic hydroxyl groups is 3. The number of alkyl halides is 4. The number of anilines is 5. The van der Waals surface area contributed by atoms with Gasteiger partial charge in [0, 0.05) is 104 Å². The fourth-order valence-corrected chi connectivity index (χ4v) is 17.3. The zero-order chi connectivity index (χ0) is 106. The molecule has 0 unspecified atom stereocenters. The number of phenolic OH excluding ortho intramolecular Hbond substituents is 3. The molecule has 2 heterocycles. The Kier molecular flexibility index (Phi) is 55.8. The van der Waals surface area contributed by atoms with Gasteiger partial charge in [0.1, 0.15) is 28.4 Å². The van der Waals surface area contributed by atoms with Crippen LogP contribution in [0.5, 0.6) is 17.2 Å². The largest absolute Gasteiger partial charge is 1.00 e. The van der Waals surface area contributed by atoms with Crippen molar-refractivity contribution in [2.24, 2.45) is 0 Å². The maximum absolute atomic E-state index is 14.6. The molecular formula is C119H94BBr3Cl3F4I4K2N3O10. The number of hydrogen-bond donors (Lipinski definition) is 8. The van der Waals surface area contributed by atoms with Gasteiger partial charge in [0.25, 0.3) is 6.47 Å². The standard InChI is InChI=1S/2C22H17N.C18H11ClF2O2.C18H9ClO2.C12H9Br.C10H9N.C6H7BO3.C6HBr2ClF2.4CH3I.CH2O3.2K.H/c2*1-2-9-17(10-3-1)19-14-6-7-15-21(19)23-22-16-8-12-18-11-4-5-13-20(18)22;19-13-9-12(10-5-1-3-7-14(10)22)17(20)18(21)16(13)11-6-2-4-8-15(11)23;19-13-9-12-10-5-1-3-7-14(10)20-17(12)18-16(13)11-6-2-4-8-15(11)21-18;13-12-9-5-4-8-11(12)10-6-2-1-3-7-10;11-10-7-3-5-8-4-1-2-6-9(8)10;8-6-4-2-1-3-5(6)7(9)10;7-2-1-3(9)4(8)6(11)5(2)10;4*1-2;2-1-4-3;;;/h2*1-16,23H;1-9,22-23H;1-9H;1-9H;1-7H,11H2;1-4,8-10H;1H;4*1H3;1,3H;;;/q;;;;;;;;;;;;;2*+1;-1/p-1. The number of nitrogens with two attached hydrogens (primary N) is 1. The van der Waals surface area contributed by atoms with Gasteiger partial charge in [0.05, 0.1) is 29.4 Å². The summed E-state index contributed by atoms with van der Waals surface area (Å²) in [5.41, 5.74) is 21.6. The van der Waals surface area contributed by atoms with Gasteiger partial charge in [0.2, 0.25) is 0 Å². The molecule has 0 aliphatic heterocycles. The smallest absolute Gasteiger partial charge is 1.00 e. The van der Waals surface area contributed by atoms with E-state index in [9.17, 15) is 27.8 Å². The summed E-state index contributed by atoms with van der Waals surface area (Å²) in [7, 11) is -1.60. The van der Waals surface area contributed by atoms with Crippen LogP contribution in [0, 0.1) is 23.3 Å². The van der Waals surface area contributed by atoms with Crippen LogP contribution in [0.2, 0.25) is 15.1 Å². The monoisotopic (exact) mass is 2740 g/mol. The second-order valence-corrected chi connectivity index (χ2v) is 34.3. The molecule has 0 aliphatic carbocycles. The van der Waals surface area contributed by atoms with Crippen LogP contribution in [0.3, 0.4) is 0 Å². The van der Waals surface area contributed by atoms with Crippen molar-refractivity contribution in [2.45, 2.75) is 0 Å². The maximum Gasteiger partial charge on any atom is 1.00 e. The summed E-state index contributed by atoms with van der Waals surface area (Å²) in [6.07, 6.45) is 0. The number of furan rings is 2. The van der Waals surface area contributed by atoms with E-state index in [-0.39, 0.29) is 175 Å². The van der Waals surface area contributed by atoms with E-state index in [1.54, 1.807) is 36.4 Å². The number of halogens is 14. The second kappa shape index (κ2) is 66.3. The van der Waals surface area contributed by atoms with E-state index in [1.165, 1.54) is 109 Å². The number of nitrogen functional groups attached to an aromatic ring is 1. The molecule has 22 aromatic rings. The van der Waals surface area contributed by atoms with Gasteiger partial charge in [0.15, 0.2) is 34.4 Å². The van der Waals surface area contributed by atoms with Gasteiger partial charge in [-0.3, -0.25) is 4.79 Å². The Labute approximate surface area is 1040 Å². The van der Waals surface area contributed by atoms with Gasteiger partial charge in [-0.15, -0.1) is 0 Å². The number of carbonyl (C=O) groups excluding carboxylic acids is 1. The molecule has 0 aliphatic rings. The summed E-state index contributed by atoms with van der Waals surface area (Å²) in [4.78, 5) is 19.1. The van der Waals surface area contributed by atoms with Gasteiger partial charge < -0.3 is 62.1 Å². The van der Waals surface area contributed by atoms with Crippen LogP contribution in [0.15, 0.2) is 453 Å². The number of carbonyl (C=O) groups is 1. The third-order valence-electron chi connectivity index (χ3n) is 21.7. The fraction of sp³-hybridized carbons (Fsp3) is 0.0336. The molecule has 0 atom stereocenters. The molecule has 0 fully saturated rings. The predicted molar refractivity (Wildman–Crippen MR) is 650 cm³/mol. The Morgan fingerprint density at radius 1 is 0.342 bits per heavy atom. The average Bonchev–Trinajstić information content (AvgIpc) is 1.58. The van der Waals surface area contributed by atoms with E-state index in [0.717, 1.165) is 82.2 Å². The molecule has 0 saturated heterocycles. The molecule has 149 heavy (non-hydrogen) atoms. The molecule has 9 N–H and O–H groups in total. The van der Waals surface area contributed by atoms with Crippen LogP contribution in [-0.2, 0) is 9.68 Å². The second-order valence-electron chi connectivity index (χ2n) is 30.5. The van der Waals surface area contributed by atoms with Gasteiger partial charge in [-0.2, -0.15) is 0 Å². The summed E-state index contributed by atoms with van der Waals surface area (Å²) < 4.78 is 67.5. The SMILES string of the molecule is Brc1ccccc1-c1ccccc1.CI.CI.CI.CI.Clc1cc2c3ccccc3oc2c2oc3ccccc3c12.Fc1c(Br)cc(Cl)c(Br)c1F.Nc1cccc2ccccc12.O=CO[O-].OB(O)c1ccccc1O.Oc1ccccc1-c1cc(Cl)c(-c2ccccc2O)c(F)c1F.[H-].[K+].[K+].c1ccc(-c2ccccc2Nc2cccc3ccccc23)cc1.c1ccc(-c2ccccc2Nc2cccc3ccccc23)cc1. The Morgan fingerprint density at radius 3 is 1.15 bits per heavy atom. The minimum atomic E-state index is -1.60. The van der Waals surface area contributed by atoms with Crippen molar-refractivity contribution in [2.75, 3.05) is 36.1 Å². The van der Waals surface area contributed by atoms with Crippen molar-refractivity contribution < 1.29 is 171 Å². The Balaban J connectivity index is 0.000000231. The molecule has 748 valence electrons. The molecule has 0 radical (unpaired) electrons. The van der Waals surface area contributed by atoms with Gasteiger partial charge in [-0.1, -0.05) is 487 Å². The molecule has 0 saturated carbocycles. The summed E-state index contributed by atoms with van der Waals surface area (Å²) in [6, 6.07) is 138. The first-order valence-corrected chi connectivity index (χ1v) is 56.6. The van der Waals surface area contributed by atoms with Gasteiger partial charge in [-0.25, -0.2) is 17.6 Å². The molecular weight excluding hydrogens is 2650 g/mol. The zero-order valence-electron chi connectivity index (χ0n) is 81.8. The number of para-hydroxylation sites is 7. The minimum absolute atomic E-state index is 0. The normalized spacial score (nSPS) is 9.94. The van der Waals surface area contributed by atoms with Crippen molar-refractivity contribution in [1.29, 1.82) is 0 Å². The summed E-state index contributed by atoms with van der Waals surface area (Å²) in [6.45, 7) is -0.181. The molecule has 20 aromatic carbocycles. The minimum Gasteiger partial charge on any atom is -1.00 e. The van der Waals surface area contributed by atoms with Crippen molar-refractivity contribution in [3.8, 4) is 72.9 Å². The van der Waals surface area contributed by atoms with E-state index in [4.69, 9.17) is 74.6 Å². The van der Waals surface area contributed by atoms with Crippen LogP contribution in [0.25, 0.3) is 132 Å². The molecule has 0 amide bonds. The van der Waals surface area contributed by atoms with Crippen LogP contribution >= 0.6 is 173 Å². The molecule has 30 heteroatoms.